The summed E-state index contributed by atoms with van der Waals surface area (Å²) in [6, 6.07) is 44.9. The fourth-order valence-electron chi connectivity index (χ4n) is 5.99. The van der Waals surface area contributed by atoms with Gasteiger partial charge in [0.05, 0.1) is 74.6 Å². The molecule has 0 bridgehead atoms. The Kier molecular flexibility index (Phi) is 18.2. The average molecular weight is 848 g/mol. The predicted molar refractivity (Wildman–Crippen MR) is 246 cm³/mol. The number of ether oxygens (including phenoxy) is 6. The second kappa shape index (κ2) is 25.4. The SMILES string of the molecule is COc1ccc(N=Nc2ccc(OCCCCCCOC(=O)c3ccc(N=Cc4ccc(OCCCCCOc5ccc(N=Nc6ccc(OC)cc6)cc5)cc4)cc3)cc2)cc1. The van der Waals surface area contributed by atoms with Crippen LogP contribution in [0.25, 0.3) is 0 Å². The predicted octanol–water partition coefficient (Wildman–Crippen LogP) is 13.7. The third kappa shape index (κ3) is 16.2. The van der Waals surface area contributed by atoms with E-state index in [9.17, 15) is 4.79 Å². The Balaban J connectivity index is 0.770. The zero-order chi connectivity index (χ0) is 43.7. The van der Waals surface area contributed by atoms with Crippen LogP contribution in [0.1, 0.15) is 60.9 Å². The molecule has 63 heavy (non-hydrogen) atoms. The fraction of sp³-hybridized carbons (Fsp3) is 0.255. The Morgan fingerprint density at radius 3 is 1.13 bits per heavy atom. The van der Waals surface area contributed by atoms with Crippen LogP contribution in [-0.4, -0.2) is 52.8 Å². The molecule has 0 unspecified atom stereocenters. The molecule has 6 aromatic rings. The van der Waals surface area contributed by atoms with Crippen molar-refractivity contribution in [3.8, 4) is 28.7 Å². The summed E-state index contributed by atoms with van der Waals surface area (Å²) in [5, 5.41) is 17.1. The summed E-state index contributed by atoms with van der Waals surface area (Å²) in [7, 11) is 3.26. The van der Waals surface area contributed by atoms with Crippen molar-refractivity contribution in [2.45, 2.75) is 44.9 Å². The smallest absolute Gasteiger partial charge is 0.338 e. The lowest BCUT2D eigenvalue weighted by Gasteiger charge is -2.08. The van der Waals surface area contributed by atoms with Crippen LogP contribution in [0.3, 0.4) is 0 Å². The number of hydrogen-bond acceptors (Lipinski definition) is 12. The number of methoxy groups -OCH3 is 2. The van der Waals surface area contributed by atoms with Gasteiger partial charge in [0.1, 0.15) is 28.7 Å². The van der Waals surface area contributed by atoms with Crippen LogP contribution in [0.5, 0.6) is 28.7 Å². The summed E-state index contributed by atoms with van der Waals surface area (Å²) in [6.07, 6.45) is 8.27. The van der Waals surface area contributed by atoms with Gasteiger partial charge in [-0.15, -0.1) is 0 Å². The van der Waals surface area contributed by atoms with E-state index >= 15 is 0 Å². The van der Waals surface area contributed by atoms with E-state index in [0.29, 0.717) is 32.0 Å². The summed E-state index contributed by atoms with van der Waals surface area (Å²) in [5.41, 5.74) is 5.20. The van der Waals surface area contributed by atoms with Crippen molar-refractivity contribution in [1.82, 2.24) is 0 Å². The van der Waals surface area contributed by atoms with Gasteiger partial charge >= 0.3 is 5.97 Å². The van der Waals surface area contributed by atoms with Gasteiger partial charge in [-0.2, -0.15) is 20.5 Å². The van der Waals surface area contributed by atoms with E-state index in [0.717, 1.165) is 108 Å². The molecule has 0 radical (unpaired) electrons. The molecule has 0 aliphatic rings. The second-order valence-corrected chi connectivity index (χ2v) is 14.3. The van der Waals surface area contributed by atoms with E-state index in [1.165, 1.54) is 0 Å². The van der Waals surface area contributed by atoms with E-state index < -0.39 is 0 Å². The Morgan fingerprint density at radius 1 is 0.397 bits per heavy atom. The maximum atomic E-state index is 12.6. The molecule has 0 N–H and O–H groups in total. The minimum Gasteiger partial charge on any atom is -0.497 e. The van der Waals surface area contributed by atoms with Crippen molar-refractivity contribution in [2.75, 3.05) is 40.6 Å². The molecule has 12 heteroatoms. The number of esters is 1. The molecule has 0 amide bonds. The largest absolute Gasteiger partial charge is 0.497 e. The number of rotatable bonds is 25. The van der Waals surface area contributed by atoms with E-state index in [2.05, 4.69) is 25.4 Å². The highest BCUT2D eigenvalue weighted by atomic mass is 16.5. The number of nitrogens with zero attached hydrogens (tertiary/aromatic N) is 5. The zero-order valence-corrected chi connectivity index (χ0v) is 35.8. The molecule has 0 atom stereocenters. The van der Waals surface area contributed by atoms with Gasteiger partial charge < -0.3 is 28.4 Å². The van der Waals surface area contributed by atoms with Gasteiger partial charge in [0.15, 0.2) is 0 Å². The van der Waals surface area contributed by atoms with E-state index in [4.69, 9.17) is 28.4 Å². The molecule has 0 aliphatic heterocycles. The molecule has 0 heterocycles. The van der Waals surface area contributed by atoms with Gasteiger partial charge in [0, 0.05) is 6.21 Å². The van der Waals surface area contributed by atoms with Crippen molar-refractivity contribution >= 4 is 40.6 Å². The maximum absolute atomic E-state index is 12.6. The summed E-state index contributed by atoms with van der Waals surface area (Å²) in [6.45, 7) is 2.25. The van der Waals surface area contributed by atoms with Gasteiger partial charge in [-0.05, 0) is 196 Å². The highest BCUT2D eigenvalue weighted by Gasteiger charge is 2.07. The number of azo groups is 2. The average Bonchev–Trinajstić information content (AvgIpc) is 3.34. The van der Waals surface area contributed by atoms with Crippen LogP contribution in [0.4, 0.5) is 28.4 Å². The first-order chi connectivity index (χ1) is 31.0. The van der Waals surface area contributed by atoms with Crippen LogP contribution in [0.2, 0.25) is 0 Å². The number of aliphatic imine (C=N–C) groups is 1. The second-order valence-electron chi connectivity index (χ2n) is 14.3. The Labute approximate surface area is 369 Å². The quantitative estimate of drug-likeness (QED) is 0.0242. The number of carbonyl (C=O) groups excluding carboxylic acids is 1. The molecule has 0 aliphatic carbocycles. The van der Waals surface area contributed by atoms with Crippen molar-refractivity contribution in [3.63, 3.8) is 0 Å². The number of unbranched alkanes of at least 4 members (excludes halogenated alkanes) is 5. The molecule has 0 saturated carbocycles. The number of benzene rings is 6. The van der Waals surface area contributed by atoms with Gasteiger partial charge in [-0.3, -0.25) is 4.99 Å². The lowest BCUT2D eigenvalue weighted by atomic mass is 10.2. The van der Waals surface area contributed by atoms with Gasteiger partial charge in [-0.25, -0.2) is 4.79 Å². The lowest BCUT2D eigenvalue weighted by Crippen LogP contribution is -2.06. The topological polar surface area (TPSA) is 134 Å². The fourth-order valence-corrected chi connectivity index (χ4v) is 5.99. The Morgan fingerprint density at radius 2 is 0.730 bits per heavy atom. The van der Waals surface area contributed by atoms with Crippen LogP contribution < -0.4 is 23.7 Å². The first-order valence-corrected chi connectivity index (χ1v) is 21.1. The minimum absolute atomic E-state index is 0.335. The first kappa shape index (κ1) is 45.2. The van der Waals surface area contributed by atoms with Gasteiger partial charge in [0.25, 0.3) is 0 Å². The number of hydrogen-bond donors (Lipinski definition) is 0. The van der Waals surface area contributed by atoms with Crippen molar-refractivity contribution in [2.24, 2.45) is 25.4 Å². The lowest BCUT2D eigenvalue weighted by molar-refractivity contribution is 0.0497. The molecule has 6 rings (SSSR count). The third-order valence-electron chi connectivity index (χ3n) is 9.59. The molecule has 12 nitrogen and oxygen atoms in total. The summed E-state index contributed by atoms with van der Waals surface area (Å²) < 4.78 is 33.5. The third-order valence-corrected chi connectivity index (χ3v) is 9.59. The highest BCUT2D eigenvalue weighted by Crippen LogP contribution is 2.25. The van der Waals surface area contributed by atoms with Crippen LogP contribution in [-0.2, 0) is 4.74 Å². The van der Waals surface area contributed by atoms with Gasteiger partial charge in [0.2, 0.25) is 0 Å². The molecule has 324 valence electrons. The Bertz CT molecular complexity index is 2330. The van der Waals surface area contributed by atoms with Crippen LogP contribution >= 0.6 is 0 Å². The monoisotopic (exact) mass is 847 g/mol. The van der Waals surface area contributed by atoms with Crippen molar-refractivity contribution < 1.29 is 33.2 Å². The molecule has 0 saturated heterocycles. The van der Waals surface area contributed by atoms with E-state index in [1.807, 2.05) is 133 Å². The Hall–Kier alpha value is -7.34. The maximum Gasteiger partial charge on any atom is 0.338 e. The molecular formula is C51H53N5O7. The van der Waals surface area contributed by atoms with E-state index in [-0.39, 0.29) is 5.97 Å². The molecular weight excluding hydrogens is 795 g/mol. The first-order valence-electron chi connectivity index (χ1n) is 21.1. The molecule has 6 aromatic carbocycles. The van der Waals surface area contributed by atoms with Crippen molar-refractivity contribution in [1.29, 1.82) is 0 Å². The zero-order valence-electron chi connectivity index (χ0n) is 35.8. The summed E-state index contributed by atoms with van der Waals surface area (Å²) in [5.74, 6) is 3.63. The van der Waals surface area contributed by atoms with Gasteiger partial charge in [-0.1, -0.05) is 0 Å². The van der Waals surface area contributed by atoms with Crippen LogP contribution in [0.15, 0.2) is 171 Å². The molecule has 0 spiro atoms. The normalized spacial score (nSPS) is 11.3. The molecule has 0 fully saturated rings. The van der Waals surface area contributed by atoms with Crippen molar-refractivity contribution in [3.05, 3.63) is 157 Å². The van der Waals surface area contributed by atoms with Crippen LogP contribution in [0, 0.1) is 0 Å². The van der Waals surface area contributed by atoms with E-state index in [1.54, 1.807) is 32.6 Å². The highest BCUT2D eigenvalue weighted by molar-refractivity contribution is 5.90. The number of carbonyl (C=O) groups is 1. The summed E-state index contributed by atoms with van der Waals surface area (Å²) >= 11 is 0. The standard InChI is InChI=1S/C51H53N5O7/c1-58-46-26-16-42(17-27-46)53-55-44-20-30-49(31-21-44)61-34-6-3-4-7-37-63-51(57)40-12-14-41(15-13-40)52-38-39-10-24-48(25-11-39)60-35-8-5-9-36-62-50-32-22-45(23-33-50)56-54-43-18-28-47(59-2)29-19-43/h10-33,38H,3-9,34-37H2,1-2H3. The molecule has 0 aromatic heterocycles. The summed E-state index contributed by atoms with van der Waals surface area (Å²) in [4.78, 5) is 17.1. The minimum atomic E-state index is -0.335.